The van der Waals surface area contributed by atoms with Crippen LogP contribution in [0.3, 0.4) is 0 Å². The van der Waals surface area contributed by atoms with Crippen LogP contribution in [0.15, 0.2) is 12.4 Å². The van der Waals surface area contributed by atoms with Gasteiger partial charge < -0.3 is 14.4 Å². The minimum Gasteiger partial charge on any atom is -0.472 e. The lowest BCUT2D eigenvalue weighted by Gasteiger charge is -2.33. The van der Waals surface area contributed by atoms with E-state index < -0.39 is 0 Å². The van der Waals surface area contributed by atoms with E-state index in [2.05, 4.69) is 14.9 Å². The minimum atomic E-state index is 0.0999. The predicted octanol–water partition coefficient (Wildman–Crippen LogP) is 2.27. The molecule has 0 aliphatic carbocycles. The van der Waals surface area contributed by atoms with Crippen LogP contribution in [0.4, 0.5) is 5.82 Å². The van der Waals surface area contributed by atoms with Crippen LogP contribution in [0, 0.1) is 0 Å². The Balaban J connectivity index is 2.11. The fraction of sp³-hybridized carbons (Fsp3) is 0.714. The molecule has 1 aromatic rings. The Morgan fingerprint density at radius 2 is 2.16 bits per heavy atom. The Morgan fingerprint density at radius 1 is 1.37 bits per heavy atom. The van der Waals surface area contributed by atoms with Crippen LogP contribution in [-0.2, 0) is 4.74 Å². The SMILES string of the molecule is CCOC1CCCN(c2nccnc2OC(C)C)C1. The van der Waals surface area contributed by atoms with E-state index in [-0.39, 0.29) is 12.2 Å². The van der Waals surface area contributed by atoms with E-state index in [1.807, 2.05) is 20.8 Å². The molecule has 1 aliphatic rings. The Bertz CT molecular complexity index is 396. The van der Waals surface area contributed by atoms with Crippen LogP contribution in [0.1, 0.15) is 33.6 Å². The van der Waals surface area contributed by atoms with Crippen LogP contribution < -0.4 is 9.64 Å². The summed E-state index contributed by atoms with van der Waals surface area (Å²) in [5, 5.41) is 0. The highest BCUT2D eigenvalue weighted by Crippen LogP contribution is 2.27. The van der Waals surface area contributed by atoms with Gasteiger partial charge in [0.15, 0.2) is 5.82 Å². The number of nitrogens with zero attached hydrogens (tertiary/aromatic N) is 3. The summed E-state index contributed by atoms with van der Waals surface area (Å²) in [7, 11) is 0. The summed E-state index contributed by atoms with van der Waals surface area (Å²) in [5.74, 6) is 1.45. The number of aromatic nitrogens is 2. The summed E-state index contributed by atoms with van der Waals surface area (Å²) < 4.78 is 11.5. The van der Waals surface area contributed by atoms with Crippen LogP contribution in [-0.4, -0.2) is 41.9 Å². The largest absolute Gasteiger partial charge is 0.472 e. The molecule has 0 radical (unpaired) electrons. The van der Waals surface area contributed by atoms with Crippen LogP contribution in [0.2, 0.25) is 0 Å². The standard InChI is InChI=1S/C14H23N3O2/c1-4-18-12-6-5-9-17(10-12)13-14(19-11(2)3)16-8-7-15-13/h7-8,11-12H,4-6,9-10H2,1-3H3. The van der Waals surface area contributed by atoms with Gasteiger partial charge in [0, 0.05) is 32.1 Å². The molecular formula is C14H23N3O2. The molecule has 0 spiro atoms. The average Bonchev–Trinajstić information content (AvgIpc) is 2.39. The third-order valence-corrected chi connectivity index (χ3v) is 3.07. The zero-order chi connectivity index (χ0) is 13.7. The first kappa shape index (κ1) is 14.1. The first-order valence-electron chi connectivity index (χ1n) is 7.05. The van der Waals surface area contributed by atoms with Crippen molar-refractivity contribution in [3.05, 3.63) is 12.4 Å². The molecule has 0 saturated carbocycles. The van der Waals surface area contributed by atoms with Crippen molar-refractivity contribution in [2.45, 2.75) is 45.8 Å². The molecule has 0 N–H and O–H groups in total. The fourth-order valence-electron chi connectivity index (χ4n) is 2.34. The lowest BCUT2D eigenvalue weighted by atomic mass is 10.1. The van der Waals surface area contributed by atoms with Gasteiger partial charge in [-0.05, 0) is 33.6 Å². The molecule has 0 bridgehead atoms. The number of anilines is 1. The molecule has 1 fully saturated rings. The molecule has 1 aromatic heterocycles. The zero-order valence-electron chi connectivity index (χ0n) is 12.0. The van der Waals surface area contributed by atoms with Gasteiger partial charge in [-0.15, -0.1) is 0 Å². The summed E-state index contributed by atoms with van der Waals surface area (Å²) in [4.78, 5) is 10.9. The van der Waals surface area contributed by atoms with Crippen LogP contribution in [0.5, 0.6) is 5.88 Å². The maximum absolute atomic E-state index is 5.74. The summed E-state index contributed by atoms with van der Waals surface area (Å²) in [6.07, 6.45) is 6.00. The van der Waals surface area contributed by atoms with Gasteiger partial charge in [0.25, 0.3) is 5.88 Å². The monoisotopic (exact) mass is 265 g/mol. The Hall–Kier alpha value is -1.36. The summed E-state index contributed by atoms with van der Waals surface area (Å²) in [6.45, 7) is 8.63. The normalized spacial score (nSPS) is 19.8. The molecule has 0 aromatic carbocycles. The molecule has 1 aliphatic heterocycles. The van der Waals surface area contributed by atoms with Gasteiger partial charge >= 0.3 is 0 Å². The third-order valence-electron chi connectivity index (χ3n) is 3.07. The van der Waals surface area contributed by atoms with Crippen molar-refractivity contribution in [2.24, 2.45) is 0 Å². The highest BCUT2D eigenvalue weighted by Gasteiger charge is 2.24. The Kier molecular flexibility index (Phi) is 4.96. The average molecular weight is 265 g/mol. The number of hydrogen-bond acceptors (Lipinski definition) is 5. The number of ether oxygens (including phenoxy) is 2. The topological polar surface area (TPSA) is 47.5 Å². The van der Waals surface area contributed by atoms with E-state index in [1.165, 1.54) is 0 Å². The Morgan fingerprint density at radius 3 is 2.89 bits per heavy atom. The van der Waals surface area contributed by atoms with Crippen LogP contribution >= 0.6 is 0 Å². The molecular weight excluding hydrogens is 242 g/mol. The van der Waals surface area contributed by atoms with Gasteiger partial charge in [-0.2, -0.15) is 0 Å². The molecule has 2 rings (SSSR count). The molecule has 0 amide bonds. The van der Waals surface area contributed by atoms with E-state index in [4.69, 9.17) is 9.47 Å². The van der Waals surface area contributed by atoms with Crippen molar-refractivity contribution in [3.8, 4) is 5.88 Å². The zero-order valence-corrected chi connectivity index (χ0v) is 12.0. The predicted molar refractivity (Wildman–Crippen MR) is 74.7 cm³/mol. The van der Waals surface area contributed by atoms with Gasteiger partial charge in [-0.25, -0.2) is 9.97 Å². The van der Waals surface area contributed by atoms with Crippen molar-refractivity contribution in [2.75, 3.05) is 24.6 Å². The maximum atomic E-state index is 5.74. The van der Waals surface area contributed by atoms with Gasteiger partial charge in [0.05, 0.1) is 12.2 Å². The second kappa shape index (κ2) is 6.70. The van der Waals surface area contributed by atoms with Gasteiger partial charge in [0.1, 0.15) is 0 Å². The first-order valence-corrected chi connectivity index (χ1v) is 7.05. The molecule has 5 heteroatoms. The van der Waals surface area contributed by atoms with Crippen molar-refractivity contribution in [1.29, 1.82) is 0 Å². The number of hydrogen-bond donors (Lipinski definition) is 0. The van der Waals surface area contributed by atoms with E-state index in [0.29, 0.717) is 5.88 Å². The summed E-state index contributed by atoms with van der Waals surface area (Å²) in [6, 6.07) is 0. The lowest BCUT2D eigenvalue weighted by molar-refractivity contribution is 0.0523. The van der Waals surface area contributed by atoms with Crippen molar-refractivity contribution < 1.29 is 9.47 Å². The van der Waals surface area contributed by atoms with E-state index in [0.717, 1.165) is 38.4 Å². The van der Waals surface area contributed by atoms with Gasteiger partial charge in [0.2, 0.25) is 0 Å². The van der Waals surface area contributed by atoms with Gasteiger partial charge in [-0.1, -0.05) is 0 Å². The molecule has 5 nitrogen and oxygen atoms in total. The first-order chi connectivity index (χ1) is 9.20. The highest BCUT2D eigenvalue weighted by molar-refractivity contribution is 5.48. The number of rotatable bonds is 5. The number of piperidine rings is 1. The van der Waals surface area contributed by atoms with Crippen molar-refractivity contribution in [3.63, 3.8) is 0 Å². The van der Waals surface area contributed by atoms with Crippen molar-refractivity contribution in [1.82, 2.24) is 9.97 Å². The van der Waals surface area contributed by atoms with Crippen molar-refractivity contribution >= 4 is 5.82 Å². The molecule has 19 heavy (non-hydrogen) atoms. The smallest absolute Gasteiger partial charge is 0.257 e. The van der Waals surface area contributed by atoms with E-state index in [9.17, 15) is 0 Å². The second-order valence-electron chi connectivity index (χ2n) is 5.02. The molecule has 1 unspecified atom stereocenters. The Labute approximate surface area is 115 Å². The molecule has 1 saturated heterocycles. The van der Waals surface area contributed by atoms with Gasteiger partial charge in [-0.3, -0.25) is 0 Å². The highest BCUT2D eigenvalue weighted by atomic mass is 16.5. The fourth-order valence-corrected chi connectivity index (χ4v) is 2.34. The molecule has 106 valence electrons. The molecule has 1 atom stereocenters. The maximum Gasteiger partial charge on any atom is 0.257 e. The van der Waals surface area contributed by atoms with E-state index in [1.54, 1.807) is 12.4 Å². The third kappa shape index (κ3) is 3.80. The lowest BCUT2D eigenvalue weighted by Crippen LogP contribution is -2.40. The van der Waals surface area contributed by atoms with E-state index >= 15 is 0 Å². The quantitative estimate of drug-likeness (QED) is 0.817. The van der Waals surface area contributed by atoms with Crippen LogP contribution in [0.25, 0.3) is 0 Å². The summed E-state index contributed by atoms with van der Waals surface area (Å²) in [5.41, 5.74) is 0. The molecule has 2 heterocycles. The summed E-state index contributed by atoms with van der Waals surface area (Å²) >= 11 is 0. The minimum absolute atomic E-state index is 0.0999. The second-order valence-corrected chi connectivity index (χ2v) is 5.02.